The molecule has 96 valence electrons. The monoisotopic (exact) mass is 249 g/mol. The van der Waals surface area contributed by atoms with E-state index in [0.717, 1.165) is 0 Å². The second-order valence-electron chi connectivity index (χ2n) is 4.71. The van der Waals surface area contributed by atoms with Crippen LogP contribution in [0.4, 0.5) is 0 Å². The van der Waals surface area contributed by atoms with E-state index >= 15 is 0 Å². The summed E-state index contributed by atoms with van der Waals surface area (Å²) >= 11 is 0. The third-order valence-corrected chi connectivity index (χ3v) is 3.41. The van der Waals surface area contributed by atoms with Crippen molar-refractivity contribution in [2.24, 2.45) is 0 Å². The van der Waals surface area contributed by atoms with Gasteiger partial charge in [-0.05, 0) is 36.2 Å². The summed E-state index contributed by atoms with van der Waals surface area (Å²) in [4.78, 5) is 0. The van der Waals surface area contributed by atoms with E-state index in [1.807, 2.05) is 7.05 Å². The lowest BCUT2D eigenvalue weighted by Gasteiger charge is -2.11. The summed E-state index contributed by atoms with van der Waals surface area (Å²) in [5, 5.41) is 3.24. The zero-order chi connectivity index (χ0) is 13.7. The topological polar surface area (TPSA) is 12.0 Å². The molecule has 0 aromatic heterocycles. The molecular weight excluding hydrogens is 230 g/mol. The van der Waals surface area contributed by atoms with Crippen molar-refractivity contribution in [1.82, 2.24) is 5.32 Å². The van der Waals surface area contributed by atoms with Crippen LogP contribution in [0, 0.1) is 12.3 Å². The number of benzene rings is 2. The van der Waals surface area contributed by atoms with Crippen molar-refractivity contribution in [1.29, 1.82) is 0 Å². The first kappa shape index (κ1) is 13.4. The van der Waals surface area contributed by atoms with Gasteiger partial charge in [-0.25, -0.2) is 0 Å². The van der Waals surface area contributed by atoms with E-state index in [9.17, 15) is 0 Å². The van der Waals surface area contributed by atoms with Gasteiger partial charge in [0, 0.05) is 12.5 Å². The molecule has 1 N–H and O–H groups in total. The van der Waals surface area contributed by atoms with Crippen molar-refractivity contribution in [3.63, 3.8) is 0 Å². The third-order valence-electron chi connectivity index (χ3n) is 3.41. The number of terminal acetylenes is 1. The molecule has 0 aliphatic carbocycles. The largest absolute Gasteiger partial charge is 0.313 e. The molecule has 1 atom stereocenters. The number of nitrogens with one attached hydrogen (secondary N) is 1. The summed E-state index contributed by atoms with van der Waals surface area (Å²) in [5.74, 6) is 2.69. The molecule has 1 heteroatoms. The van der Waals surface area contributed by atoms with Crippen molar-refractivity contribution in [3.05, 3.63) is 59.7 Å². The number of hydrogen-bond acceptors (Lipinski definition) is 1. The van der Waals surface area contributed by atoms with Crippen LogP contribution in [0.2, 0.25) is 0 Å². The van der Waals surface area contributed by atoms with Crippen molar-refractivity contribution in [2.75, 3.05) is 7.05 Å². The third kappa shape index (κ3) is 3.24. The zero-order valence-corrected chi connectivity index (χ0v) is 11.5. The molecule has 0 saturated carbocycles. The number of hydrogen-bond donors (Lipinski definition) is 1. The van der Waals surface area contributed by atoms with Gasteiger partial charge in [0.05, 0.1) is 0 Å². The fourth-order valence-electron chi connectivity index (χ4n) is 2.11. The molecule has 19 heavy (non-hydrogen) atoms. The van der Waals surface area contributed by atoms with E-state index in [-0.39, 0.29) is 0 Å². The number of rotatable bonds is 4. The van der Waals surface area contributed by atoms with Crippen LogP contribution < -0.4 is 5.32 Å². The Morgan fingerprint density at radius 2 is 1.84 bits per heavy atom. The zero-order valence-electron chi connectivity index (χ0n) is 11.5. The summed E-state index contributed by atoms with van der Waals surface area (Å²) in [6.07, 6.45) is 6.04. The van der Waals surface area contributed by atoms with Crippen molar-refractivity contribution in [3.8, 4) is 23.5 Å². The Morgan fingerprint density at radius 1 is 1.11 bits per heavy atom. The molecule has 2 rings (SSSR count). The van der Waals surface area contributed by atoms with E-state index in [1.54, 1.807) is 0 Å². The second-order valence-corrected chi connectivity index (χ2v) is 4.71. The molecule has 0 heterocycles. The van der Waals surface area contributed by atoms with Crippen LogP contribution in [0.3, 0.4) is 0 Å². The Bertz CT molecular complexity index is 575. The van der Waals surface area contributed by atoms with E-state index in [1.165, 1.54) is 22.3 Å². The molecule has 2 aromatic carbocycles. The Hall–Kier alpha value is -2.04. The summed E-state index contributed by atoms with van der Waals surface area (Å²) in [7, 11) is 1.97. The molecular formula is C18H19N. The van der Waals surface area contributed by atoms with Gasteiger partial charge in [0.25, 0.3) is 0 Å². The van der Waals surface area contributed by atoms with Gasteiger partial charge in [-0.3, -0.25) is 0 Å². The van der Waals surface area contributed by atoms with Crippen LogP contribution in [0.5, 0.6) is 0 Å². The first-order valence-corrected chi connectivity index (χ1v) is 6.54. The Labute approximate surface area is 115 Å². The first-order valence-electron chi connectivity index (χ1n) is 6.54. The molecule has 0 spiro atoms. The lowest BCUT2D eigenvalue weighted by atomic mass is 9.99. The van der Waals surface area contributed by atoms with Gasteiger partial charge < -0.3 is 5.32 Å². The minimum absolute atomic E-state index is 0.377. The summed E-state index contributed by atoms with van der Waals surface area (Å²) in [6, 6.07) is 17.5. The van der Waals surface area contributed by atoms with Gasteiger partial charge >= 0.3 is 0 Å². The minimum Gasteiger partial charge on any atom is -0.313 e. The maximum Gasteiger partial charge on any atom is 0.0337 e. The fourth-order valence-corrected chi connectivity index (χ4v) is 2.11. The average molecular weight is 249 g/mol. The van der Waals surface area contributed by atoms with Gasteiger partial charge in [-0.2, -0.15) is 0 Å². The quantitative estimate of drug-likeness (QED) is 0.812. The van der Waals surface area contributed by atoms with Crippen LogP contribution in [0.25, 0.3) is 11.1 Å². The van der Waals surface area contributed by atoms with Crippen LogP contribution in [-0.4, -0.2) is 7.05 Å². The Balaban J connectivity index is 2.27. The molecule has 0 saturated heterocycles. The molecule has 0 bridgehead atoms. The molecule has 1 nitrogen and oxygen atoms in total. The van der Waals surface area contributed by atoms with Crippen molar-refractivity contribution < 1.29 is 0 Å². The molecule has 2 aromatic rings. The maximum atomic E-state index is 5.36. The lowest BCUT2D eigenvalue weighted by molar-refractivity contribution is 0.652. The molecule has 0 amide bonds. The van der Waals surface area contributed by atoms with E-state index in [0.29, 0.717) is 12.5 Å². The Morgan fingerprint density at radius 3 is 2.47 bits per heavy atom. The second kappa shape index (κ2) is 6.22. The highest BCUT2D eigenvalue weighted by atomic mass is 14.8. The smallest absolute Gasteiger partial charge is 0.0337 e. The molecule has 0 aliphatic rings. The SMILES string of the molecule is C#CCc1cccc(-c2ccc(C(C)NC)cc2)c1. The van der Waals surface area contributed by atoms with E-state index in [4.69, 9.17) is 6.42 Å². The van der Waals surface area contributed by atoms with Crippen molar-refractivity contribution in [2.45, 2.75) is 19.4 Å². The predicted molar refractivity (Wildman–Crippen MR) is 81.9 cm³/mol. The van der Waals surface area contributed by atoms with Gasteiger partial charge in [0.1, 0.15) is 0 Å². The summed E-state index contributed by atoms with van der Waals surface area (Å²) in [6.45, 7) is 2.16. The van der Waals surface area contributed by atoms with Crippen LogP contribution >= 0.6 is 0 Å². The standard InChI is InChI=1S/C18H19N/c1-4-6-15-7-5-8-18(13-15)17-11-9-16(10-12-17)14(2)19-3/h1,5,7-14,19H,6H2,2-3H3. The fraction of sp³-hybridized carbons (Fsp3) is 0.222. The van der Waals surface area contributed by atoms with E-state index in [2.05, 4.69) is 66.7 Å². The lowest BCUT2D eigenvalue weighted by Crippen LogP contribution is -2.11. The van der Waals surface area contributed by atoms with Gasteiger partial charge in [0.15, 0.2) is 0 Å². The molecule has 1 unspecified atom stereocenters. The normalized spacial score (nSPS) is 11.8. The highest BCUT2D eigenvalue weighted by molar-refractivity contribution is 5.64. The first-order chi connectivity index (χ1) is 9.24. The summed E-state index contributed by atoms with van der Waals surface area (Å²) < 4.78 is 0. The Kier molecular flexibility index (Phi) is 4.39. The molecule has 0 fully saturated rings. The average Bonchev–Trinajstić information content (AvgIpc) is 2.47. The highest BCUT2D eigenvalue weighted by Gasteiger charge is 2.03. The van der Waals surface area contributed by atoms with Crippen LogP contribution in [0.15, 0.2) is 48.5 Å². The molecule has 0 aliphatic heterocycles. The van der Waals surface area contributed by atoms with Gasteiger partial charge in [0.2, 0.25) is 0 Å². The van der Waals surface area contributed by atoms with Crippen molar-refractivity contribution >= 4 is 0 Å². The molecule has 0 radical (unpaired) electrons. The predicted octanol–water partition coefficient (Wildman–Crippen LogP) is 3.81. The minimum atomic E-state index is 0.377. The maximum absolute atomic E-state index is 5.36. The van der Waals surface area contributed by atoms with Crippen LogP contribution in [-0.2, 0) is 6.42 Å². The highest BCUT2D eigenvalue weighted by Crippen LogP contribution is 2.23. The summed E-state index contributed by atoms with van der Waals surface area (Å²) in [5.41, 5.74) is 4.93. The van der Waals surface area contributed by atoms with Crippen LogP contribution in [0.1, 0.15) is 24.1 Å². The van der Waals surface area contributed by atoms with Gasteiger partial charge in [-0.15, -0.1) is 12.3 Å². The van der Waals surface area contributed by atoms with E-state index < -0.39 is 0 Å². The van der Waals surface area contributed by atoms with Gasteiger partial charge in [-0.1, -0.05) is 48.5 Å².